The minimum atomic E-state index is -0.821. The number of ether oxygens (including phenoxy) is 1. The standard InChI is InChI=1S/C25H22N2O5/c1-15-12-18(7-10-20(15)32-2)23(29)21-22(17-5-8-19(28)9-6-17)27(25(31)24(21)30)14-16-4-3-11-26-13-16/h3-13,22,28-29H,14H2,1-2H3/b23-21+/t22-/m1/s1. The molecule has 1 saturated heterocycles. The Hall–Kier alpha value is -4.13. The predicted octanol–water partition coefficient (Wildman–Crippen LogP) is 3.73. The Morgan fingerprint density at radius 1 is 1.12 bits per heavy atom. The molecule has 1 aliphatic heterocycles. The third kappa shape index (κ3) is 3.80. The number of hydrogen-bond donors (Lipinski definition) is 2. The van der Waals surface area contributed by atoms with Crippen molar-refractivity contribution in [2.45, 2.75) is 19.5 Å². The monoisotopic (exact) mass is 430 g/mol. The molecule has 0 saturated carbocycles. The van der Waals surface area contributed by atoms with Crippen LogP contribution in [-0.4, -0.2) is 38.9 Å². The Bertz CT molecular complexity index is 1200. The number of aliphatic hydroxyl groups excluding tert-OH is 1. The molecule has 32 heavy (non-hydrogen) atoms. The largest absolute Gasteiger partial charge is 0.508 e. The molecule has 3 aromatic rings. The van der Waals surface area contributed by atoms with Crippen LogP contribution in [0.2, 0.25) is 0 Å². The molecule has 1 fully saturated rings. The highest BCUT2D eigenvalue weighted by molar-refractivity contribution is 6.46. The summed E-state index contributed by atoms with van der Waals surface area (Å²) in [6.07, 6.45) is 3.25. The zero-order valence-electron chi connectivity index (χ0n) is 17.6. The molecule has 7 nitrogen and oxygen atoms in total. The highest BCUT2D eigenvalue weighted by Crippen LogP contribution is 2.41. The second-order valence-electron chi connectivity index (χ2n) is 7.56. The number of Topliss-reactive ketones (excluding diaryl/α,β-unsaturated/α-hetero) is 1. The van der Waals surface area contributed by atoms with Crippen molar-refractivity contribution in [2.24, 2.45) is 0 Å². The fourth-order valence-electron chi connectivity index (χ4n) is 3.92. The maximum atomic E-state index is 13.1. The number of aromatic nitrogens is 1. The molecule has 2 N–H and O–H groups in total. The average Bonchev–Trinajstić information content (AvgIpc) is 3.04. The van der Waals surface area contributed by atoms with Crippen LogP contribution in [0.15, 0.2) is 72.6 Å². The number of phenolic OH excluding ortho intramolecular Hbond substituents is 1. The lowest BCUT2D eigenvalue weighted by Crippen LogP contribution is -2.29. The van der Waals surface area contributed by atoms with Crippen molar-refractivity contribution in [1.82, 2.24) is 9.88 Å². The molecule has 1 aliphatic rings. The maximum Gasteiger partial charge on any atom is 0.295 e. The number of ketones is 1. The normalized spacial score (nSPS) is 17.6. The number of methoxy groups -OCH3 is 1. The van der Waals surface area contributed by atoms with Gasteiger partial charge in [-0.05, 0) is 60.0 Å². The average molecular weight is 430 g/mol. The molecule has 0 bridgehead atoms. The maximum absolute atomic E-state index is 13.1. The van der Waals surface area contributed by atoms with Gasteiger partial charge in [0, 0.05) is 24.5 Å². The van der Waals surface area contributed by atoms with Crippen LogP contribution in [0.4, 0.5) is 0 Å². The lowest BCUT2D eigenvalue weighted by atomic mass is 9.94. The van der Waals surface area contributed by atoms with Gasteiger partial charge in [-0.15, -0.1) is 0 Å². The van der Waals surface area contributed by atoms with Crippen molar-refractivity contribution in [3.63, 3.8) is 0 Å². The van der Waals surface area contributed by atoms with Gasteiger partial charge in [0.2, 0.25) is 0 Å². The van der Waals surface area contributed by atoms with Crippen LogP contribution >= 0.6 is 0 Å². The molecule has 0 radical (unpaired) electrons. The summed E-state index contributed by atoms with van der Waals surface area (Å²) in [5.41, 5.74) is 2.53. The smallest absolute Gasteiger partial charge is 0.295 e. The van der Waals surface area contributed by atoms with E-state index in [2.05, 4.69) is 4.98 Å². The molecule has 1 aromatic heterocycles. The summed E-state index contributed by atoms with van der Waals surface area (Å²) in [6, 6.07) is 14.0. The van der Waals surface area contributed by atoms with Crippen molar-refractivity contribution < 1.29 is 24.5 Å². The number of rotatable bonds is 5. The SMILES string of the molecule is COc1ccc(/C(O)=C2\C(=O)C(=O)N(Cc3cccnc3)[C@@H]2c2ccc(O)cc2)cc1C. The lowest BCUT2D eigenvalue weighted by molar-refractivity contribution is -0.140. The van der Waals surface area contributed by atoms with E-state index < -0.39 is 17.7 Å². The van der Waals surface area contributed by atoms with E-state index in [4.69, 9.17) is 4.74 Å². The number of carbonyl (C=O) groups excluding carboxylic acids is 2. The molecule has 1 amide bonds. The number of phenols is 1. The zero-order chi connectivity index (χ0) is 22.8. The Labute approximate surface area is 185 Å². The third-order valence-corrected chi connectivity index (χ3v) is 5.49. The number of likely N-dealkylation sites (tertiary alicyclic amines) is 1. The van der Waals surface area contributed by atoms with Crippen molar-refractivity contribution in [1.29, 1.82) is 0 Å². The molecule has 2 heterocycles. The van der Waals surface area contributed by atoms with Gasteiger partial charge in [-0.1, -0.05) is 18.2 Å². The first-order valence-corrected chi connectivity index (χ1v) is 10.0. The molecule has 0 unspecified atom stereocenters. The number of aliphatic hydroxyl groups is 1. The van der Waals surface area contributed by atoms with Gasteiger partial charge in [0.05, 0.1) is 18.7 Å². The lowest BCUT2D eigenvalue weighted by Gasteiger charge is -2.25. The number of amides is 1. The van der Waals surface area contributed by atoms with Gasteiger partial charge in [0.1, 0.15) is 17.3 Å². The van der Waals surface area contributed by atoms with Crippen molar-refractivity contribution >= 4 is 17.4 Å². The van der Waals surface area contributed by atoms with Crippen LogP contribution < -0.4 is 4.74 Å². The molecule has 0 aliphatic carbocycles. The molecule has 0 spiro atoms. The number of aromatic hydroxyl groups is 1. The first-order chi connectivity index (χ1) is 15.4. The number of carbonyl (C=O) groups is 2. The van der Waals surface area contributed by atoms with E-state index >= 15 is 0 Å². The van der Waals surface area contributed by atoms with Gasteiger partial charge in [-0.3, -0.25) is 14.6 Å². The van der Waals surface area contributed by atoms with Crippen LogP contribution in [0.5, 0.6) is 11.5 Å². The summed E-state index contributed by atoms with van der Waals surface area (Å²) in [6.45, 7) is 1.97. The Morgan fingerprint density at radius 2 is 1.88 bits per heavy atom. The van der Waals surface area contributed by atoms with Gasteiger partial charge < -0.3 is 19.8 Å². The number of aryl methyl sites for hydroxylation is 1. The van der Waals surface area contributed by atoms with Crippen LogP contribution in [0, 0.1) is 6.92 Å². The second-order valence-corrected chi connectivity index (χ2v) is 7.56. The van der Waals surface area contributed by atoms with E-state index in [1.807, 2.05) is 13.0 Å². The molecule has 2 aromatic carbocycles. The van der Waals surface area contributed by atoms with E-state index in [1.165, 1.54) is 17.0 Å². The highest BCUT2D eigenvalue weighted by atomic mass is 16.5. The van der Waals surface area contributed by atoms with Crippen LogP contribution in [0.3, 0.4) is 0 Å². The first kappa shape index (κ1) is 21.1. The molecule has 162 valence electrons. The first-order valence-electron chi connectivity index (χ1n) is 10.0. The summed E-state index contributed by atoms with van der Waals surface area (Å²) in [5, 5.41) is 20.9. The van der Waals surface area contributed by atoms with E-state index in [9.17, 15) is 19.8 Å². The molecular formula is C25H22N2O5. The number of nitrogens with zero attached hydrogens (tertiary/aromatic N) is 2. The molecule has 7 heteroatoms. The van der Waals surface area contributed by atoms with Gasteiger partial charge in [-0.25, -0.2) is 0 Å². The van der Waals surface area contributed by atoms with Crippen LogP contribution in [0.25, 0.3) is 5.76 Å². The Morgan fingerprint density at radius 3 is 2.50 bits per heavy atom. The van der Waals surface area contributed by atoms with E-state index in [1.54, 1.807) is 55.9 Å². The molecule has 1 atom stereocenters. The number of benzene rings is 2. The van der Waals surface area contributed by atoms with Crippen molar-refractivity contribution in [3.05, 3.63) is 94.8 Å². The topological polar surface area (TPSA) is 100.0 Å². The van der Waals surface area contributed by atoms with Crippen LogP contribution in [0.1, 0.15) is 28.3 Å². The van der Waals surface area contributed by atoms with Crippen LogP contribution in [-0.2, 0) is 16.1 Å². The second kappa shape index (κ2) is 8.55. The van der Waals surface area contributed by atoms with Gasteiger partial charge in [0.15, 0.2) is 0 Å². The summed E-state index contributed by atoms with van der Waals surface area (Å²) < 4.78 is 5.27. The molecule has 4 rings (SSSR count). The highest BCUT2D eigenvalue weighted by Gasteiger charge is 2.46. The summed E-state index contributed by atoms with van der Waals surface area (Å²) in [5.74, 6) is -1.03. The summed E-state index contributed by atoms with van der Waals surface area (Å²) in [7, 11) is 1.55. The van der Waals surface area contributed by atoms with E-state index in [-0.39, 0.29) is 23.6 Å². The van der Waals surface area contributed by atoms with Crippen molar-refractivity contribution in [3.8, 4) is 11.5 Å². The van der Waals surface area contributed by atoms with Gasteiger partial charge in [0.25, 0.3) is 11.7 Å². The van der Waals surface area contributed by atoms with E-state index in [0.717, 1.165) is 11.1 Å². The van der Waals surface area contributed by atoms with Gasteiger partial charge >= 0.3 is 0 Å². The van der Waals surface area contributed by atoms with Crippen molar-refractivity contribution in [2.75, 3.05) is 7.11 Å². The predicted molar refractivity (Wildman–Crippen MR) is 118 cm³/mol. The third-order valence-electron chi connectivity index (χ3n) is 5.49. The minimum Gasteiger partial charge on any atom is -0.508 e. The Balaban J connectivity index is 1.86. The fraction of sp³-hybridized carbons (Fsp3) is 0.160. The number of hydrogen-bond acceptors (Lipinski definition) is 6. The fourth-order valence-corrected chi connectivity index (χ4v) is 3.92. The summed E-state index contributed by atoms with van der Waals surface area (Å²) >= 11 is 0. The van der Waals surface area contributed by atoms with Gasteiger partial charge in [-0.2, -0.15) is 0 Å². The quantitative estimate of drug-likeness (QED) is 0.364. The number of pyridine rings is 1. The zero-order valence-corrected chi connectivity index (χ0v) is 17.6. The van der Waals surface area contributed by atoms with E-state index in [0.29, 0.717) is 16.9 Å². The minimum absolute atomic E-state index is 0.00542. The molecular weight excluding hydrogens is 408 g/mol. The summed E-state index contributed by atoms with van der Waals surface area (Å²) in [4.78, 5) is 31.6. The Kier molecular flexibility index (Phi) is 5.64.